The van der Waals surface area contributed by atoms with Crippen molar-refractivity contribution in [3.8, 4) is 0 Å². The van der Waals surface area contributed by atoms with E-state index in [1.807, 2.05) is 26.0 Å². The number of carbonyl (C=O) groups excluding carboxylic acids is 1. The molecule has 1 rings (SSSR count). The Balaban J connectivity index is 2.30. The normalized spacial score (nSPS) is 19.8. The number of likely N-dealkylation sites (tertiary alicyclic amines) is 1. The van der Waals surface area contributed by atoms with Crippen LogP contribution in [0.5, 0.6) is 0 Å². The van der Waals surface area contributed by atoms with Crippen LogP contribution in [0.1, 0.15) is 32.1 Å². The first-order chi connectivity index (χ1) is 9.15. The highest BCUT2D eigenvalue weighted by atomic mass is 16.6. The molecule has 0 bridgehead atoms. The first kappa shape index (κ1) is 16.2. The zero-order valence-electron chi connectivity index (χ0n) is 12.7. The SMILES string of the molecule is CNCCC1CCCCN1C(=O)OCCCN(C)C. The van der Waals surface area contributed by atoms with Gasteiger partial charge in [-0.05, 0) is 59.8 Å². The molecule has 0 aromatic heterocycles. The van der Waals surface area contributed by atoms with Gasteiger partial charge in [-0.2, -0.15) is 0 Å². The van der Waals surface area contributed by atoms with Crippen LogP contribution in [0.25, 0.3) is 0 Å². The molecule has 1 fully saturated rings. The van der Waals surface area contributed by atoms with Crippen LogP contribution in [0.3, 0.4) is 0 Å². The van der Waals surface area contributed by atoms with Crippen molar-refractivity contribution < 1.29 is 9.53 Å². The molecule has 1 aliphatic rings. The van der Waals surface area contributed by atoms with E-state index in [2.05, 4.69) is 10.2 Å². The number of ether oxygens (including phenoxy) is 1. The summed E-state index contributed by atoms with van der Waals surface area (Å²) in [6.07, 6.45) is 5.22. The molecular weight excluding hydrogens is 242 g/mol. The maximum atomic E-state index is 12.1. The minimum Gasteiger partial charge on any atom is -0.449 e. The topological polar surface area (TPSA) is 44.8 Å². The predicted molar refractivity (Wildman–Crippen MR) is 77.4 cm³/mol. The van der Waals surface area contributed by atoms with Crippen LogP contribution in [-0.4, -0.2) is 69.3 Å². The fourth-order valence-electron chi connectivity index (χ4n) is 2.48. The molecule has 1 heterocycles. The average molecular weight is 271 g/mol. The molecule has 1 unspecified atom stereocenters. The first-order valence-corrected chi connectivity index (χ1v) is 7.38. The van der Waals surface area contributed by atoms with Gasteiger partial charge in [-0.1, -0.05) is 0 Å². The van der Waals surface area contributed by atoms with E-state index in [-0.39, 0.29) is 6.09 Å². The van der Waals surface area contributed by atoms with Crippen LogP contribution in [0, 0.1) is 0 Å². The minimum atomic E-state index is -0.125. The van der Waals surface area contributed by atoms with Gasteiger partial charge < -0.3 is 19.9 Å². The number of hydrogen-bond donors (Lipinski definition) is 1. The van der Waals surface area contributed by atoms with Gasteiger partial charge in [0.2, 0.25) is 0 Å². The summed E-state index contributed by atoms with van der Waals surface area (Å²) in [7, 11) is 6.01. The highest BCUT2D eigenvalue weighted by Crippen LogP contribution is 2.20. The number of rotatable bonds is 7. The summed E-state index contributed by atoms with van der Waals surface area (Å²) in [5.41, 5.74) is 0. The Morgan fingerprint density at radius 3 is 2.89 bits per heavy atom. The van der Waals surface area contributed by atoms with Gasteiger partial charge in [-0.25, -0.2) is 4.79 Å². The molecule has 112 valence electrons. The van der Waals surface area contributed by atoms with E-state index >= 15 is 0 Å². The van der Waals surface area contributed by atoms with Crippen molar-refractivity contribution in [1.82, 2.24) is 15.1 Å². The van der Waals surface area contributed by atoms with Crippen molar-refractivity contribution in [3.05, 3.63) is 0 Å². The fraction of sp³-hybridized carbons (Fsp3) is 0.929. The summed E-state index contributed by atoms with van der Waals surface area (Å²) in [5.74, 6) is 0. The molecule has 5 nitrogen and oxygen atoms in total. The number of piperidine rings is 1. The molecule has 19 heavy (non-hydrogen) atoms. The monoisotopic (exact) mass is 271 g/mol. The molecule has 0 saturated carbocycles. The van der Waals surface area contributed by atoms with Gasteiger partial charge in [-0.3, -0.25) is 0 Å². The van der Waals surface area contributed by atoms with Gasteiger partial charge in [0.15, 0.2) is 0 Å². The fourth-order valence-corrected chi connectivity index (χ4v) is 2.48. The lowest BCUT2D eigenvalue weighted by Gasteiger charge is -2.35. The summed E-state index contributed by atoms with van der Waals surface area (Å²) in [5, 5.41) is 3.15. The molecule has 1 N–H and O–H groups in total. The predicted octanol–water partition coefficient (Wildman–Crippen LogP) is 1.54. The molecule has 0 aliphatic carbocycles. The standard InChI is InChI=1S/C14H29N3O2/c1-15-9-8-13-7-4-5-11-17(13)14(18)19-12-6-10-16(2)3/h13,15H,4-12H2,1-3H3. The van der Waals surface area contributed by atoms with Crippen molar-refractivity contribution in [1.29, 1.82) is 0 Å². The van der Waals surface area contributed by atoms with Gasteiger partial charge in [0.05, 0.1) is 6.61 Å². The van der Waals surface area contributed by atoms with Crippen LogP contribution in [0.2, 0.25) is 0 Å². The maximum absolute atomic E-state index is 12.1. The van der Waals surface area contributed by atoms with E-state index in [0.717, 1.165) is 45.3 Å². The molecule has 1 atom stereocenters. The largest absolute Gasteiger partial charge is 0.449 e. The Bertz CT molecular complexity index is 259. The van der Waals surface area contributed by atoms with E-state index in [1.165, 1.54) is 6.42 Å². The summed E-state index contributed by atoms with van der Waals surface area (Å²) in [6, 6.07) is 0.350. The molecule has 0 spiro atoms. The van der Waals surface area contributed by atoms with Gasteiger partial charge in [0.25, 0.3) is 0 Å². The van der Waals surface area contributed by atoms with Crippen LogP contribution in [0.15, 0.2) is 0 Å². The summed E-state index contributed by atoms with van der Waals surface area (Å²) in [4.78, 5) is 16.1. The smallest absolute Gasteiger partial charge is 0.410 e. The highest BCUT2D eigenvalue weighted by Gasteiger charge is 2.27. The number of hydrogen-bond acceptors (Lipinski definition) is 4. The van der Waals surface area contributed by atoms with Gasteiger partial charge in [-0.15, -0.1) is 0 Å². The Morgan fingerprint density at radius 1 is 1.42 bits per heavy atom. The second-order valence-electron chi connectivity index (χ2n) is 5.51. The third-order valence-corrected chi connectivity index (χ3v) is 3.56. The lowest BCUT2D eigenvalue weighted by Crippen LogP contribution is -2.45. The number of amides is 1. The first-order valence-electron chi connectivity index (χ1n) is 7.38. The van der Waals surface area contributed by atoms with E-state index in [1.54, 1.807) is 0 Å². The number of nitrogens with one attached hydrogen (secondary N) is 1. The van der Waals surface area contributed by atoms with Crippen molar-refractivity contribution in [2.45, 2.75) is 38.1 Å². The summed E-state index contributed by atoms with van der Waals surface area (Å²) < 4.78 is 5.38. The van der Waals surface area contributed by atoms with Crippen LogP contribution < -0.4 is 5.32 Å². The van der Waals surface area contributed by atoms with Crippen molar-refractivity contribution in [2.24, 2.45) is 0 Å². The maximum Gasteiger partial charge on any atom is 0.410 e. The molecular formula is C14H29N3O2. The molecule has 1 aliphatic heterocycles. The summed E-state index contributed by atoms with van der Waals surface area (Å²) >= 11 is 0. The number of nitrogens with zero attached hydrogens (tertiary/aromatic N) is 2. The Hall–Kier alpha value is -0.810. The van der Waals surface area contributed by atoms with Crippen molar-refractivity contribution in [3.63, 3.8) is 0 Å². The third-order valence-electron chi connectivity index (χ3n) is 3.56. The highest BCUT2D eigenvalue weighted by molar-refractivity contribution is 5.68. The summed E-state index contributed by atoms with van der Waals surface area (Å²) in [6.45, 7) is 3.28. The average Bonchev–Trinajstić information content (AvgIpc) is 2.41. The molecule has 1 amide bonds. The molecule has 0 aromatic rings. The van der Waals surface area contributed by atoms with E-state index < -0.39 is 0 Å². The third kappa shape index (κ3) is 6.25. The number of carbonyl (C=O) groups is 1. The second kappa shape index (κ2) is 9.15. The van der Waals surface area contributed by atoms with Gasteiger partial charge >= 0.3 is 6.09 Å². The van der Waals surface area contributed by atoms with E-state index in [0.29, 0.717) is 12.6 Å². The Kier molecular flexibility index (Phi) is 7.82. The van der Waals surface area contributed by atoms with Gasteiger partial charge in [0.1, 0.15) is 0 Å². The molecule has 1 saturated heterocycles. The minimum absolute atomic E-state index is 0.125. The Labute approximate surface area is 117 Å². The van der Waals surface area contributed by atoms with E-state index in [9.17, 15) is 4.79 Å². The molecule has 0 aromatic carbocycles. The van der Waals surface area contributed by atoms with Crippen molar-refractivity contribution in [2.75, 3.05) is 47.4 Å². The van der Waals surface area contributed by atoms with Crippen LogP contribution in [0.4, 0.5) is 4.79 Å². The second-order valence-corrected chi connectivity index (χ2v) is 5.51. The van der Waals surface area contributed by atoms with Crippen molar-refractivity contribution >= 4 is 6.09 Å². The lowest BCUT2D eigenvalue weighted by atomic mass is 10.00. The van der Waals surface area contributed by atoms with Crippen LogP contribution in [-0.2, 0) is 4.74 Å². The quantitative estimate of drug-likeness (QED) is 0.713. The molecule has 5 heteroatoms. The Morgan fingerprint density at radius 2 is 2.21 bits per heavy atom. The lowest BCUT2D eigenvalue weighted by molar-refractivity contribution is 0.0691. The zero-order chi connectivity index (χ0) is 14.1. The van der Waals surface area contributed by atoms with E-state index in [4.69, 9.17) is 4.74 Å². The zero-order valence-corrected chi connectivity index (χ0v) is 12.7. The van der Waals surface area contributed by atoms with Gasteiger partial charge in [0, 0.05) is 19.1 Å². The molecule has 0 radical (unpaired) electrons. The van der Waals surface area contributed by atoms with Crippen LogP contribution >= 0.6 is 0 Å².